The molecular weight excluding hydrogens is 222 g/mol. The summed E-state index contributed by atoms with van der Waals surface area (Å²) in [6, 6.07) is 9.62. The lowest BCUT2D eigenvalue weighted by molar-refractivity contribution is 0.596. The number of sulfone groups is 1. The van der Waals surface area contributed by atoms with Crippen molar-refractivity contribution in [3.05, 3.63) is 30.3 Å². The van der Waals surface area contributed by atoms with Gasteiger partial charge >= 0.3 is 0 Å². The fourth-order valence-electron chi connectivity index (χ4n) is 0.954. The first-order valence-electron chi connectivity index (χ1n) is 3.88. The maximum absolute atomic E-state index is 11.6. The first-order valence-corrected chi connectivity index (χ1v) is 5.96. The Labute approximate surface area is 87.8 Å². The van der Waals surface area contributed by atoms with E-state index in [0.717, 1.165) is 0 Å². The molecule has 0 radical (unpaired) electrons. The summed E-state index contributed by atoms with van der Waals surface area (Å²) < 4.78 is 23.1. The van der Waals surface area contributed by atoms with Crippen molar-refractivity contribution in [2.45, 2.75) is 10.3 Å². The fraction of sp³-hybridized carbons (Fsp3) is 0.222. The molecule has 0 aliphatic rings. The molecule has 1 aromatic carbocycles. The van der Waals surface area contributed by atoms with Crippen LogP contribution in [0.25, 0.3) is 0 Å². The van der Waals surface area contributed by atoms with Crippen LogP contribution in [0.15, 0.2) is 35.2 Å². The van der Waals surface area contributed by atoms with E-state index in [2.05, 4.69) is 0 Å². The van der Waals surface area contributed by atoms with Crippen LogP contribution in [0.1, 0.15) is 0 Å². The van der Waals surface area contributed by atoms with E-state index in [0.29, 0.717) is 0 Å². The van der Waals surface area contributed by atoms with E-state index < -0.39 is 15.2 Å². The summed E-state index contributed by atoms with van der Waals surface area (Å²) in [4.78, 5) is 0.195. The first-order chi connectivity index (χ1) is 6.56. The Hall–Kier alpha value is -1.05. The monoisotopic (exact) mass is 229 g/mol. The Balaban J connectivity index is 2.94. The molecule has 3 nitrogen and oxygen atoms in total. The van der Waals surface area contributed by atoms with Gasteiger partial charge in [-0.05, 0) is 12.1 Å². The van der Waals surface area contributed by atoms with E-state index in [9.17, 15) is 8.42 Å². The van der Waals surface area contributed by atoms with Crippen molar-refractivity contribution in [2.24, 2.45) is 0 Å². The molecule has 0 aromatic heterocycles. The highest BCUT2D eigenvalue weighted by Gasteiger charge is 2.18. The molecule has 0 fully saturated rings. The molecule has 1 rings (SSSR count). The third kappa shape index (κ3) is 2.72. The number of benzene rings is 1. The summed E-state index contributed by atoms with van der Waals surface area (Å²) in [6.07, 6.45) is 0. The average Bonchev–Trinajstić information content (AvgIpc) is 2.18. The zero-order chi connectivity index (χ0) is 10.6. The van der Waals surface area contributed by atoms with E-state index in [4.69, 9.17) is 16.9 Å². The van der Waals surface area contributed by atoms with Crippen LogP contribution in [0.5, 0.6) is 0 Å². The summed E-state index contributed by atoms with van der Waals surface area (Å²) in [5.41, 5.74) is 0. The second-order valence-corrected chi connectivity index (χ2v) is 5.25. The van der Waals surface area contributed by atoms with Crippen LogP contribution in [0.3, 0.4) is 0 Å². The molecule has 0 saturated heterocycles. The van der Waals surface area contributed by atoms with Crippen LogP contribution in [-0.4, -0.2) is 19.5 Å². The molecule has 1 atom stereocenters. The summed E-state index contributed by atoms with van der Waals surface area (Å²) >= 11 is 5.46. The number of nitrogens with zero attached hydrogens (tertiary/aromatic N) is 1. The van der Waals surface area contributed by atoms with Gasteiger partial charge in [0.2, 0.25) is 0 Å². The molecule has 0 amide bonds. The standard InChI is InChI=1S/C9H8ClNO2S/c10-8(6-11)7-14(12,13)9-4-2-1-3-5-9/h1-5,8H,7H2/t8-/m0/s1. The lowest BCUT2D eigenvalue weighted by Crippen LogP contribution is -2.14. The third-order valence-corrected chi connectivity index (χ3v) is 3.81. The van der Waals surface area contributed by atoms with Crippen molar-refractivity contribution in [3.63, 3.8) is 0 Å². The van der Waals surface area contributed by atoms with Gasteiger partial charge in [0.25, 0.3) is 0 Å². The lowest BCUT2D eigenvalue weighted by Gasteiger charge is -2.03. The molecule has 0 spiro atoms. The van der Waals surface area contributed by atoms with Gasteiger partial charge in [0, 0.05) is 0 Å². The number of hydrogen-bond donors (Lipinski definition) is 0. The largest absolute Gasteiger partial charge is 0.224 e. The SMILES string of the molecule is N#C[C@H](Cl)CS(=O)(=O)c1ccccc1. The average molecular weight is 230 g/mol. The predicted octanol–water partition coefficient (Wildman–Crippen LogP) is 1.59. The second-order valence-electron chi connectivity index (χ2n) is 2.69. The highest BCUT2D eigenvalue weighted by Crippen LogP contribution is 2.12. The highest BCUT2D eigenvalue weighted by atomic mass is 35.5. The maximum Gasteiger partial charge on any atom is 0.180 e. The van der Waals surface area contributed by atoms with E-state index >= 15 is 0 Å². The topological polar surface area (TPSA) is 57.9 Å². The first kappa shape index (κ1) is 11.0. The Bertz CT molecular complexity index is 436. The van der Waals surface area contributed by atoms with Crippen LogP contribution in [0, 0.1) is 11.3 Å². The Morgan fingerprint density at radius 1 is 1.36 bits per heavy atom. The zero-order valence-corrected chi connectivity index (χ0v) is 8.79. The summed E-state index contributed by atoms with van der Waals surface area (Å²) in [5.74, 6) is -0.352. The van der Waals surface area contributed by atoms with Gasteiger partial charge in [0.05, 0.1) is 16.7 Å². The molecule has 74 valence electrons. The van der Waals surface area contributed by atoms with Crippen molar-refractivity contribution in [2.75, 3.05) is 5.75 Å². The molecule has 0 bridgehead atoms. The predicted molar refractivity (Wildman–Crippen MR) is 53.7 cm³/mol. The fourth-order valence-corrected chi connectivity index (χ4v) is 2.68. The van der Waals surface area contributed by atoms with E-state index in [1.165, 1.54) is 12.1 Å². The van der Waals surface area contributed by atoms with Crippen LogP contribution in [0.4, 0.5) is 0 Å². The van der Waals surface area contributed by atoms with E-state index in [1.807, 2.05) is 0 Å². The number of rotatable bonds is 3. The van der Waals surface area contributed by atoms with Gasteiger partial charge in [-0.2, -0.15) is 5.26 Å². The highest BCUT2D eigenvalue weighted by molar-refractivity contribution is 7.91. The van der Waals surface area contributed by atoms with Crippen LogP contribution in [0.2, 0.25) is 0 Å². The maximum atomic E-state index is 11.6. The van der Waals surface area contributed by atoms with E-state index in [-0.39, 0.29) is 10.6 Å². The summed E-state index contributed by atoms with van der Waals surface area (Å²) in [6.45, 7) is 0. The number of hydrogen-bond acceptors (Lipinski definition) is 3. The van der Waals surface area contributed by atoms with Crippen LogP contribution < -0.4 is 0 Å². The molecule has 0 aliphatic heterocycles. The van der Waals surface area contributed by atoms with Gasteiger partial charge in [0.1, 0.15) is 5.38 Å². The number of nitriles is 1. The lowest BCUT2D eigenvalue weighted by atomic mass is 10.4. The Morgan fingerprint density at radius 2 is 1.93 bits per heavy atom. The van der Waals surface area contributed by atoms with Crippen LogP contribution in [-0.2, 0) is 9.84 Å². The minimum absolute atomic E-state index is 0.195. The van der Waals surface area contributed by atoms with E-state index in [1.54, 1.807) is 24.3 Å². The van der Waals surface area contributed by atoms with Crippen LogP contribution >= 0.6 is 11.6 Å². The molecule has 14 heavy (non-hydrogen) atoms. The second kappa shape index (κ2) is 4.45. The number of halogens is 1. The molecule has 5 heteroatoms. The Kier molecular flexibility index (Phi) is 3.50. The van der Waals surface area contributed by atoms with Crippen molar-refractivity contribution in [1.82, 2.24) is 0 Å². The van der Waals surface area contributed by atoms with Crippen molar-refractivity contribution in [3.8, 4) is 6.07 Å². The summed E-state index contributed by atoms with van der Waals surface area (Å²) in [5, 5.41) is 7.40. The van der Waals surface area contributed by atoms with Crippen molar-refractivity contribution in [1.29, 1.82) is 5.26 Å². The molecule has 0 unspecified atom stereocenters. The quantitative estimate of drug-likeness (QED) is 0.740. The molecular formula is C9H8ClNO2S. The normalized spacial score (nSPS) is 13.1. The Morgan fingerprint density at radius 3 is 2.43 bits per heavy atom. The van der Waals surface area contributed by atoms with Crippen molar-refractivity contribution >= 4 is 21.4 Å². The zero-order valence-electron chi connectivity index (χ0n) is 7.22. The minimum atomic E-state index is -3.43. The summed E-state index contributed by atoms with van der Waals surface area (Å²) in [7, 11) is -3.43. The molecule has 0 saturated carbocycles. The van der Waals surface area contributed by atoms with Gasteiger partial charge < -0.3 is 0 Å². The minimum Gasteiger partial charge on any atom is -0.224 e. The van der Waals surface area contributed by atoms with Gasteiger partial charge in [-0.3, -0.25) is 0 Å². The molecule has 0 N–H and O–H groups in total. The van der Waals surface area contributed by atoms with Gasteiger partial charge in [-0.15, -0.1) is 11.6 Å². The molecule has 0 heterocycles. The smallest absolute Gasteiger partial charge is 0.180 e. The number of alkyl halides is 1. The molecule has 1 aromatic rings. The van der Waals surface area contributed by atoms with Gasteiger partial charge in [-0.1, -0.05) is 18.2 Å². The van der Waals surface area contributed by atoms with Gasteiger partial charge in [-0.25, -0.2) is 8.42 Å². The van der Waals surface area contributed by atoms with Gasteiger partial charge in [0.15, 0.2) is 9.84 Å². The third-order valence-electron chi connectivity index (χ3n) is 1.61. The van der Waals surface area contributed by atoms with Crippen molar-refractivity contribution < 1.29 is 8.42 Å². The molecule has 0 aliphatic carbocycles.